The maximum Gasteiger partial charge on any atom is 0.329 e. The van der Waals surface area contributed by atoms with Gasteiger partial charge in [0.15, 0.2) is 0 Å². The highest BCUT2D eigenvalue weighted by Crippen LogP contribution is 2.48. The van der Waals surface area contributed by atoms with Crippen LogP contribution in [0.5, 0.6) is 0 Å². The lowest BCUT2D eigenvalue weighted by molar-refractivity contribution is -0.0381. The second-order valence-corrected chi connectivity index (χ2v) is 9.29. The lowest BCUT2D eigenvalue weighted by atomic mass is 9.84. The van der Waals surface area contributed by atoms with Crippen LogP contribution in [-0.2, 0) is 6.42 Å². The summed E-state index contributed by atoms with van der Waals surface area (Å²) in [6.07, 6.45) is 1.56. The fourth-order valence-corrected chi connectivity index (χ4v) is 5.92. The maximum absolute atomic E-state index is 15.2. The second-order valence-electron chi connectivity index (χ2n) is 8.15. The maximum atomic E-state index is 15.2. The number of H-pyrrole nitrogens is 1. The van der Waals surface area contributed by atoms with E-state index in [0.717, 1.165) is 23.8 Å². The summed E-state index contributed by atoms with van der Waals surface area (Å²) in [5.74, 6) is -4.60. The van der Waals surface area contributed by atoms with E-state index in [-0.39, 0.29) is 36.4 Å². The van der Waals surface area contributed by atoms with Crippen molar-refractivity contribution in [3.63, 3.8) is 0 Å². The van der Waals surface area contributed by atoms with Crippen LogP contribution in [0.2, 0.25) is 0 Å². The molecule has 0 spiro atoms. The molecule has 1 saturated carbocycles. The van der Waals surface area contributed by atoms with Gasteiger partial charge >= 0.3 is 5.69 Å². The SMILES string of the molecule is Cc1c(-c2cc3c(s2)CCC(F)(F)C3CN)c(F)cc2c(=O)[nH]c(=O)n(C3CC3)c12. The molecule has 0 radical (unpaired) electrons. The third-order valence-electron chi connectivity index (χ3n) is 6.23. The number of nitrogens with two attached hydrogens (primary N) is 1. The van der Waals surface area contributed by atoms with Gasteiger partial charge in [0.25, 0.3) is 11.5 Å². The Kier molecular flexibility index (Phi) is 4.27. The van der Waals surface area contributed by atoms with E-state index in [1.165, 1.54) is 15.9 Å². The number of rotatable bonds is 3. The quantitative estimate of drug-likeness (QED) is 0.656. The van der Waals surface area contributed by atoms with Crippen molar-refractivity contribution in [3.8, 4) is 10.4 Å². The lowest BCUT2D eigenvalue weighted by Crippen LogP contribution is -2.35. The van der Waals surface area contributed by atoms with E-state index >= 15 is 4.39 Å². The number of alkyl halides is 2. The van der Waals surface area contributed by atoms with Gasteiger partial charge in [0.05, 0.1) is 16.8 Å². The highest BCUT2D eigenvalue weighted by atomic mass is 32.1. The lowest BCUT2D eigenvalue weighted by Gasteiger charge is -2.30. The molecule has 3 aromatic rings. The predicted octanol–water partition coefficient (Wildman–Crippen LogP) is 3.82. The van der Waals surface area contributed by atoms with Gasteiger partial charge in [-0.1, -0.05) is 0 Å². The molecule has 1 aromatic carbocycles. The summed E-state index contributed by atoms with van der Waals surface area (Å²) in [6.45, 7) is 1.48. The van der Waals surface area contributed by atoms with E-state index in [2.05, 4.69) is 4.98 Å². The fourth-order valence-electron chi connectivity index (χ4n) is 4.60. The molecule has 1 fully saturated rings. The highest BCUT2D eigenvalue weighted by Gasteiger charge is 2.44. The molecule has 0 amide bonds. The van der Waals surface area contributed by atoms with E-state index in [1.54, 1.807) is 13.0 Å². The van der Waals surface area contributed by atoms with Gasteiger partial charge in [0.1, 0.15) is 5.82 Å². The van der Waals surface area contributed by atoms with Gasteiger partial charge in [-0.3, -0.25) is 14.3 Å². The highest BCUT2D eigenvalue weighted by molar-refractivity contribution is 7.15. The summed E-state index contributed by atoms with van der Waals surface area (Å²) in [6, 6.07) is 2.72. The van der Waals surface area contributed by atoms with E-state index in [4.69, 9.17) is 5.73 Å². The average molecular weight is 435 g/mol. The van der Waals surface area contributed by atoms with Gasteiger partial charge in [0, 0.05) is 34.3 Å². The molecule has 5 nitrogen and oxygen atoms in total. The molecule has 158 valence electrons. The first-order valence-electron chi connectivity index (χ1n) is 9.91. The number of aryl methyl sites for hydroxylation is 2. The number of nitrogens with one attached hydrogen (secondary N) is 1. The number of thiophene rings is 1. The van der Waals surface area contributed by atoms with E-state index in [9.17, 15) is 18.4 Å². The van der Waals surface area contributed by atoms with Gasteiger partial charge in [0.2, 0.25) is 0 Å². The van der Waals surface area contributed by atoms with Crippen LogP contribution in [0, 0.1) is 12.7 Å². The number of halogens is 3. The van der Waals surface area contributed by atoms with Crippen LogP contribution in [0.1, 0.15) is 47.2 Å². The molecule has 0 saturated heterocycles. The Morgan fingerprint density at radius 3 is 2.70 bits per heavy atom. The molecular weight excluding hydrogens is 415 g/mol. The van der Waals surface area contributed by atoms with Gasteiger partial charge in [-0.2, -0.15) is 0 Å². The summed E-state index contributed by atoms with van der Waals surface area (Å²) >= 11 is 1.28. The van der Waals surface area contributed by atoms with Crippen molar-refractivity contribution in [2.24, 2.45) is 5.73 Å². The monoisotopic (exact) mass is 435 g/mol. The first-order valence-corrected chi connectivity index (χ1v) is 10.7. The summed E-state index contributed by atoms with van der Waals surface area (Å²) in [4.78, 5) is 28.4. The normalized spacial score (nSPS) is 20.5. The Balaban J connectivity index is 1.77. The summed E-state index contributed by atoms with van der Waals surface area (Å²) in [5, 5.41) is 0.118. The van der Waals surface area contributed by atoms with Gasteiger partial charge in [-0.05, 0) is 49.4 Å². The van der Waals surface area contributed by atoms with Crippen molar-refractivity contribution in [1.29, 1.82) is 0 Å². The molecule has 0 aliphatic heterocycles. The zero-order chi connectivity index (χ0) is 21.4. The third-order valence-corrected chi connectivity index (χ3v) is 7.45. The molecule has 3 N–H and O–H groups in total. The number of hydrogen-bond donors (Lipinski definition) is 2. The Morgan fingerprint density at radius 2 is 2.03 bits per heavy atom. The Bertz CT molecular complexity index is 1300. The molecule has 30 heavy (non-hydrogen) atoms. The predicted molar refractivity (Wildman–Crippen MR) is 110 cm³/mol. The number of hydrogen-bond acceptors (Lipinski definition) is 4. The summed E-state index contributed by atoms with van der Waals surface area (Å²) in [7, 11) is 0. The molecule has 2 heterocycles. The number of nitrogens with zero attached hydrogens (tertiary/aromatic N) is 1. The van der Waals surface area contributed by atoms with E-state index in [0.29, 0.717) is 21.5 Å². The molecule has 2 aliphatic carbocycles. The molecule has 5 rings (SSSR count). The third kappa shape index (κ3) is 2.79. The minimum absolute atomic E-state index is 0.0225. The van der Waals surface area contributed by atoms with E-state index in [1.807, 2.05) is 0 Å². The van der Waals surface area contributed by atoms with Crippen LogP contribution < -0.4 is 17.0 Å². The molecule has 1 unspecified atom stereocenters. The molecule has 1 atom stereocenters. The van der Waals surface area contributed by atoms with Crippen molar-refractivity contribution in [1.82, 2.24) is 9.55 Å². The second kappa shape index (κ2) is 6.55. The van der Waals surface area contributed by atoms with Crippen molar-refractivity contribution in [3.05, 3.63) is 54.8 Å². The van der Waals surface area contributed by atoms with Gasteiger partial charge in [-0.15, -0.1) is 11.3 Å². The van der Waals surface area contributed by atoms with Crippen molar-refractivity contribution < 1.29 is 13.2 Å². The van der Waals surface area contributed by atoms with Crippen molar-refractivity contribution >= 4 is 22.2 Å². The molecule has 0 bridgehead atoms. The van der Waals surface area contributed by atoms with Gasteiger partial charge in [-0.25, -0.2) is 18.0 Å². The Labute approximate surface area is 173 Å². The largest absolute Gasteiger partial charge is 0.330 e. The number of aromatic nitrogens is 2. The number of benzene rings is 1. The van der Waals surface area contributed by atoms with Crippen molar-refractivity contribution in [2.75, 3.05) is 6.54 Å². The molecular formula is C21H20F3N3O2S. The Morgan fingerprint density at radius 1 is 1.30 bits per heavy atom. The van der Waals surface area contributed by atoms with Crippen molar-refractivity contribution in [2.45, 2.75) is 50.5 Å². The fraction of sp³-hybridized carbons (Fsp3) is 0.429. The Hall–Kier alpha value is -2.39. The van der Waals surface area contributed by atoms with Crippen LogP contribution >= 0.6 is 11.3 Å². The van der Waals surface area contributed by atoms with Crippen LogP contribution in [0.25, 0.3) is 21.3 Å². The molecule has 2 aromatic heterocycles. The average Bonchev–Trinajstić information content (AvgIpc) is 3.41. The number of fused-ring (bicyclic) bond motifs is 2. The van der Waals surface area contributed by atoms with Gasteiger partial charge < -0.3 is 5.73 Å². The number of aromatic amines is 1. The first kappa shape index (κ1) is 19.6. The standard InChI is InChI=1S/C21H20F3N3O2S/c1-9-17(16-7-11-13(8-25)21(23,24)5-4-15(11)30-16)14(22)6-12-18(9)27(10-2-3-10)20(29)26-19(12)28/h6-7,10,13H,2-5,8,25H2,1H3,(H,26,28,29). The minimum atomic E-state index is -2.89. The zero-order valence-corrected chi connectivity index (χ0v) is 17.0. The summed E-state index contributed by atoms with van der Waals surface area (Å²) in [5.41, 5.74) is 6.10. The van der Waals surface area contributed by atoms with Crippen LogP contribution in [-0.4, -0.2) is 22.0 Å². The van der Waals surface area contributed by atoms with Crippen LogP contribution in [0.3, 0.4) is 0 Å². The van der Waals surface area contributed by atoms with Crippen LogP contribution in [0.15, 0.2) is 21.7 Å². The zero-order valence-electron chi connectivity index (χ0n) is 16.2. The minimum Gasteiger partial charge on any atom is -0.330 e. The van der Waals surface area contributed by atoms with E-state index < -0.39 is 28.9 Å². The topological polar surface area (TPSA) is 80.9 Å². The molecule has 9 heteroatoms. The smallest absolute Gasteiger partial charge is 0.329 e. The van der Waals surface area contributed by atoms with Crippen LogP contribution in [0.4, 0.5) is 13.2 Å². The summed E-state index contributed by atoms with van der Waals surface area (Å²) < 4.78 is 45.4. The molecule has 2 aliphatic rings. The first-order chi connectivity index (χ1) is 14.2.